The number of aryl methyl sites for hydroxylation is 1. The Labute approximate surface area is 83.6 Å². The molecule has 0 saturated heterocycles. The monoisotopic (exact) mass is 196 g/mol. The molecule has 0 atom stereocenters. The fourth-order valence-electron chi connectivity index (χ4n) is 1.02. The molecule has 0 aliphatic rings. The zero-order valence-corrected chi connectivity index (χ0v) is 8.43. The molecule has 0 bridgehead atoms. The molecule has 1 aromatic heterocycles. The summed E-state index contributed by atoms with van der Waals surface area (Å²) in [4.78, 5) is 4.24. The molecule has 70 valence electrons. The summed E-state index contributed by atoms with van der Waals surface area (Å²) in [7, 11) is 0. The highest BCUT2D eigenvalue weighted by atomic mass is 35.5. The minimum atomic E-state index is 0.619. The molecule has 0 aromatic carbocycles. The molecule has 1 heterocycles. The first kappa shape index (κ1) is 10.2. The lowest BCUT2D eigenvalue weighted by atomic mass is 10.2. The molecule has 0 spiro atoms. The van der Waals surface area contributed by atoms with E-state index in [1.54, 1.807) is 6.20 Å². The molecule has 1 N–H and O–H groups in total. The second kappa shape index (κ2) is 5.00. The van der Waals surface area contributed by atoms with Crippen LogP contribution < -0.4 is 5.32 Å². The second-order valence-electron chi connectivity index (χ2n) is 2.89. The number of rotatable bonds is 4. The summed E-state index contributed by atoms with van der Waals surface area (Å²) in [5.74, 6) is 0. The van der Waals surface area contributed by atoms with Crippen molar-refractivity contribution in [2.75, 3.05) is 6.54 Å². The third-order valence-corrected chi connectivity index (χ3v) is 1.86. The van der Waals surface area contributed by atoms with E-state index in [9.17, 15) is 0 Å². The Morgan fingerprint density at radius 3 is 3.08 bits per heavy atom. The number of pyridine rings is 1. The van der Waals surface area contributed by atoms with Crippen molar-refractivity contribution in [2.24, 2.45) is 0 Å². The maximum atomic E-state index is 5.61. The van der Waals surface area contributed by atoms with Crippen LogP contribution in [0.3, 0.4) is 0 Å². The second-order valence-corrected chi connectivity index (χ2v) is 3.42. The van der Waals surface area contributed by atoms with Crippen LogP contribution in [0.1, 0.15) is 11.3 Å². The number of nitrogens with one attached hydrogen (secondary N) is 1. The summed E-state index contributed by atoms with van der Waals surface area (Å²) in [5.41, 5.74) is 2.25. The van der Waals surface area contributed by atoms with Crippen LogP contribution in [-0.2, 0) is 6.54 Å². The highest BCUT2D eigenvalue weighted by molar-refractivity contribution is 6.29. The molecule has 0 fully saturated rings. The molecule has 0 aliphatic heterocycles. The first-order chi connectivity index (χ1) is 6.20. The van der Waals surface area contributed by atoms with Crippen LogP contribution in [0.15, 0.2) is 29.9 Å². The van der Waals surface area contributed by atoms with Crippen molar-refractivity contribution in [3.63, 3.8) is 0 Å². The number of hydrogen-bond donors (Lipinski definition) is 1. The van der Waals surface area contributed by atoms with Gasteiger partial charge in [-0.05, 0) is 18.6 Å². The summed E-state index contributed by atoms with van der Waals surface area (Å²) in [6.45, 7) is 6.99. The Hall–Kier alpha value is -0.860. The van der Waals surface area contributed by atoms with Gasteiger partial charge in [-0.3, -0.25) is 4.98 Å². The van der Waals surface area contributed by atoms with E-state index < -0.39 is 0 Å². The van der Waals surface area contributed by atoms with Crippen LogP contribution in [0, 0.1) is 6.92 Å². The van der Waals surface area contributed by atoms with Gasteiger partial charge in [0, 0.05) is 24.3 Å². The van der Waals surface area contributed by atoms with Gasteiger partial charge in [-0.25, -0.2) is 0 Å². The predicted molar refractivity (Wildman–Crippen MR) is 55.7 cm³/mol. The van der Waals surface area contributed by atoms with E-state index in [1.807, 2.05) is 19.1 Å². The lowest BCUT2D eigenvalue weighted by molar-refractivity contribution is 0.731. The van der Waals surface area contributed by atoms with E-state index >= 15 is 0 Å². The van der Waals surface area contributed by atoms with Crippen LogP contribution in [0.4, 0.5) is 0 Å². The highest BCUT2D eigenvalue weighted by Gasteiger charge is 1.97. The van der Waals surface area contributed by atoms with Crippen LogP contribution in [0.5, 0.6) is 0 Å². The molecule has 0 amide bonds. The lowest BCUT2D eigenvalue weighted by Gasteiger charge is -2.04. The Kier molecular flexibility index (Phi) is 3.93. The lowest BCUT2D eigenvalue weighted by Crippen LogP contribution is -2.16. The summed E-state index contributed by atoms with van der Waals surface area (Å²) in [6, 6.07) is 3.97. The van der Waals surface area contributed by atoms with Gasteiger partial charge < -0.3 is 5.32 Å². The molecule has 0 unspecified atom stereocenters. The topological polar surface area (TPSA) is 24.9 Å². The van der Waals surface area contributed by atoms with Crippen molar-refractivity contribution in [2.45, 2.75) is 13.5 Å². The maximum Gasteiger partial charge on any atom is 0.0570 e. The third kappa shape index (κ3) is 3.57. The quantitative estimate of drug-likeness (QED) is 0.799. The first-order valence-electron chi connectivity index (χ1n) is 4.14. The number of nitrogens with zero attached hydrogens (tertiary/aromatic N) is 1. The Balaban J connectivity index is 2.45. The summed E-state index contributed by atoms with van der Waals surface area (Å²) >= 11 is 5.61. The van der Waals surface area contributed by atoms with Gasteiger partial charge in [-0.2, -0.15) is 0 Å². The van der Waals surface area contributed by atoms with Crippen LogP contribution >= 0.6 is 11.6 Å². The van der Waals surface area contributed by atoms with Gasteiger partial charge >= 0.3 is 0 Å². The molecule has 0 radical (unpaired) electrons. The average Bonchev–Trinajstić information content (AvgIpc) is 2.08. The summed E-state index contributed by atoms with van der Waals surface area (Å²) < 4.78 is 0. The van der Waals surface area contributed by atoms with Crippen molar-refractivity contribution in [3.8, 4) is 0 Å². The van der Waals surface area contributed by atoms with Gasteiger partial charge in [0.25, 0.3) is 0 Å². The van der Waals surface area contributed by atoms with E-state index in [0.29, 0.717) is 11.6 Å². The molecule has 1 rings (SSSR count). The van der Waals surface area contributed by atoms with Crippen molar-refractivity contribution in [3.05, 3.63) is 41.2 Å². The Morgan fingerprint density at radius 1 is 1.69 bits per heavy atom. The fraction of sp³-hybridized carbons (Fsp3) is 0.300. The van der Waals surface area contributed by atoms with E-state index in [-0.39, 0.29) is 0 Å². The Morgan fingerprint density at radius 2 is 2.46 bits per heavy atom. The zero-order valence-electron chi connectivity index (χ0n) is 7.68. The summed E-state index contributed by atoms with van der Waals surface area (Å²) in [6.07, 6.45) is 1.79. The average molecular weight is 197 g/mol. The minimum absolute atomic E-state index is 0.619. The van der Waals surface area contributed by atoms with Crippen molar-refractivity contribution < 1.29 is 0 Å². The number of halogens is 1. The summed E-state index contributed by atoms with van der Waals surface area (Å²) in [5, 5.41) is 3.77. The van der Waals surface area contributed by atoms with Gasteiger partial charge in [0.05, 0.1) is 5.69 Å². The molecular weight excluding hydrogens is 184 g/mol. The molecule has 2 nitrogen and oxygen atoms in total. The van der Waals surface area contributed by atoms with Crippen LogP contribution in [0.2, 0.25) is 0 Å². The van der Waals surface area contributed by atoms with Crippen molar-refractivity contribution in [1.29, 1.82) is 0 Å². The largest absolute Gasteiger partial charge is 0.306 e. The molecule has 0 saturated carbocycles. The normalized spacial score (nSPS) is 10.0. The SMILES string of the molecule is C=C(Cl)CNCc1ncccc1C. The maximum absolute atomic E-state index is 5.61. The molecule has 3 heteroatoms. The van der Waals surface area contributed by atoms with Crippen LogP contribution in [-0.4, -0.2) is 11.5 Å². The third-order valence-electron chi connectivity index (χ3n) is 1.73. The zero-order chi connectivity index (χ0) is 9.68. The smallest absolute Gasteiger partial charge is 0.0570 e. The van der Waals surface area contributed by atoms with E-state index in [4.69, 9.17) is 11.6 Å². The highest BCUT2D eigenvalue weighted by Crippen LogP contribution is 2.02. The van der Waals surface area contributed by atoms with Crippen molar-refractivity contribution in [1.82, 2.24) is 10.3 Å². The van der Waals surface area contributed by atoms with Gasteiger partial charge in [0.2, 0.25) is 0 Å². The van der Waals surface area contributed by atoms with Gasteiger partial charge in [-0.1, -0.05) is 24.2 Å². The fourth-order valence-corrected chi connectivity index (χ4v) is 1.11. The predicted octanol–water partition coefficient (Wildman–Crippen LogP) is 2.23. The molecular formula is C10H13ClN2. The number of hydrogen-bond acceptors (Lipinski definition) is 2. The molecule has 1 aromatic rings. The van der Waals surface area contributed by atoms with E-state index in [2.05, 4.69) is 16.9 Å². The van der Waals surface area contributed by atoms with E-state index in [1.165, 1.54) is 5.56 Å². The number of aromatic nitrogens is 1. The molecule has 0 aliphatic carbocycles. The van der Waals surface area contributed by atoms with Gasteiger partial charge in [-0.15, -0.1) is 0 Å². The minimum Gasteiger partial charge on any atom is -0.306 e. The van der Waals surface area contributed by atoms with Crippen molar-refractivity contribution >= 4 is 11.6 Å². The van der Waals surface area contributed by atoms with Crippen LogP contribution in [0.25, 0.3) is 0 Å². The first-order valence-corrected chi connectivity index (χ1v) is 4.52. The Bertz CT molecular complexity index is 297. The molecule has 13 heavy (non-hydrogen) atoms. The standard InChI is InChI=1S/C10H13ClN2/c1-8-4-3-5-13-10(8)7-12-6-9(2)11/h3-5,12H,2,6-7H2,1H3. The van der Waals surface area contributed by atoms with Gasteiger partial charge in [0.15, 0.2) is 0 Å². The van der Waals surface area contributed by atoms with E-state index in [0.717, 1.165) is 12.2 Å². The van der Waals surface area contributed by atoms with Gasteiger partial charge in [0.1, 0.15) is 0 Å².